The molecule has 24 heavy (non-hydrogen) atoms. The lowest BCUT2D eigenvalue weighted by Gasteiger charge is -2.23. The molecule has 1 saturated carbocycles. The molecule has 1 aliphatic rings. The molecule has 0 aliphatic heterocycles. The maximum atomic E-state index is 12.4. The van der Waals surface area contributed by atoms with Crippen LogP contribution in [-0.2, 0) is 16.6 Å². The molecule has 1 aliphatic carbocycles. The van der Waals surface area contributed by atoms with Gasteiger partial charge in [0.05, 0.1) is 4.90 Å². The summed E-state index contributed by atoms with van der Waals surface area (Å²) in [6.07, 6.45) is 6.25. The number of hydrogen-bond acceptors (Lipinski definition) is 3. The van der Waals surface area contributed by atoms with Gasteiger partial charge in [-0.3, -0.25) is 0 Å². The smallest absolute Gasteiger partial charge is 0.240 e. The molecule has 2 aromatic rings. The lowest BCUT2D eigenvalue weighted by molar-refractivity contribution is 0.463. The van der Waals surface area contributed by atoms with Crippen LogP contribution in [0.1, 0.15) is 37.7 Å². The van der Waals surface area contributed by atoms with E-state index in [0.717, 1.165) is 11.3 Å². The van der Waals surface area contributed by atoms with Gasteiger partial charge in [0.2, 0.25) is 10.0 Å². The van der Waals surface area contributed by atoms with Gasteiger partial charge < -0.3 is 5.32 Å². The predicted molar refractivity (Wildman–Crippen MR) is 97.4 cm³/mol. The maximum Gasteiger partial charge on any atom is 0.240 e. The van der Waals surface area contributed by atoms with Gasteiger partial charge in [0.25, 0.3) is 0 Å². The molecule has 0 heterocycles. The molecule has 5 heteroatoms. The molecule has 0 radical (unpaired) electrons. The van der Waals surface area contributed by atoms with Crippen molar-refractivity contribution in [2.75, 3.05) is 5.32 Å². The summed E-state index contributed by atoms with van der Waals surface area (Å²) in [6, 6.07) is 17.1. The van der Waals surface area contributed by atoms with Gasteiger partial charge in [0.1, 0.15) is 0 Å². The minimum Gasteiger partial charge on any atom is -0.382 e. The molecule has 0 unspecified atom stereocenters. The zero-order chi connectivity index (χ0) is 16.8. The normalized spacial score (nSPS) is 16.0. The average molecular weight is 344 g/mol. The van der Waals surface area contributed by atoms with E-state index in [4.69, 9.17) is 0 Å². The van der Waals surface area contributed by atoms with E-state index in [0.29, 0.717) is 17.5 Å². The lowest BCUT2D eigenvalue weighted by atomic mass is 9.95. The Kier molecular flexibility index (Phi) is 5.53. The topological polar surface area (TPSA) is 58.2 Å². The van der Waals surface area contributed by atoms with E-state index in [1.54, 1.807) is 12.1 Å². The summed E-state index contributed by atoms with van der Waals surface area (Å²) in [4.78, 5) is 0.299. The molecule has 3 rings (SSSR count). The Bertz CT molecular complexity index is 737. The fourth-order valence-electron chi connectivity index (χ4n) is 3.07. The minimum atomic E-state index is -3.49. The van der Waals surface area contributed by atoms with Crippen molar-refractivity contribution in [2.24, 2.45) is 0 Å². The second-order valence-corrected chi connectivity index (χ2v) is 8.08. The summed E-state index contributed by atoms with van der Waals surface area (Å²) < 4.78 is 27.4. The van der Waals surface area contributed by atoms with E-state index in [1.807, 2.05) is 42.5 Å². The highest BCUT2D eigenvalue weighted by atomic mass is 32.2. The summed E-state index contributed by atoms with van der Waals surface area (Å²) >= 11 is 0. The van der Waals surface area contributed by atoms with Crippen molar-refractivity contribution in [1.82, 2.24) is 4.72 Å². The van der Waals surface area contributed by atoms with Gasteiger partial charge in [-0.1, -0.05) is 49.6 Å². The monoisotopic (exact) mass is 344 g/mol. The summed E-state index contributed by atoms with van der Waals surface area (Å²) in [7, 11) is -3.49. The van der Waals surface area contributed by atoms with E-state index >= 15 is 0 Å². The van der Waals surface area contributed by atoms with Gasteiger partial charge in [-0.25, -0.2) is 13.1 Å². The third-order valence-corrected chi connectivity index (χ3v) is 5.87. The first-order valence-corrected chi connectivity index (χ1v) is 10.0. The highest BCUT2D eigenvalue weighted by Gasteiger charge is 2.15. The molecule has 2 N–H and O–H groups in total. The Morgan fingerprint density at radius 1 is 0.875 bits per heavy atom. The van der Waals surface area contributed by atoms with Gasteiger partial charge in [-0.15, -0.1) is 0 Å². The molecule has 0 amide bonds. The van der Waals surface area contributed by atoms with Gasteiger partial charge in [-0.2, -0.15) is 0 Å². The number of benzene rings is 2. The van der Waals surface area contributed by atoms with E-state index in [9.17, 15) is 8.42 Å². The zero-order valence-electron chi connectivity index (χ0n) is 13.7. The third kappa shape index (κ3) is 4.58. The molecule has 4 nitrogen and oxygen atoms in total. The van der Waals surface area contributed by atoms with Crippen molar-refractivity contribution in [3.63, 3.8) is 0 Å². The fourth-order valence-corrected chi connectivity index (χ4v) is 4.09. The number of sulfonamides is 1. The summed E-state index contributed by atoms with van der Waals surface area (Å²) in [5.74, 6) is 0. The highest BCUT2D eigenvalue weighted by Crippen LogP contribution is 2.22. The van der Waals surface area contributed by atoms with Crippen LogP contribution in [0.3, 0.4) is 0 Å². The number of anilines is 1. The summed E-state index contributed by atoms with van der Waals surface area (Å²) in [5, 5.41) is 3.50. The van der Waals surface area contributed by atoms with Crippen LogP contribution < -0.4 is 10.0 Å². The van der Waals surface area contributed by atoms with Crippen LogP contribution in [0.25, 0.3) is 0 Å². The van der Waals surface area contributed by atoms with Crippen molar-refractivity contribution in [3.05, 3.63) is 60.2 Å². The van der Waals surface area contributed by atoms with Crippen LogP contribution >= 0.6 is 0 Å². The van der Waals surface area contributed by atoms with Crippen LogP contribution in [-0.4, -0.2) is 14.5 Å². The Hall–Kier alpha value is -1.85. The van der Waals surface area contributed by atoms with E-state index in [2.05, 4.69) is 10.0 Å². The average Bonchev–Trinajstić information content (AvgIpc) is 2.62. The number of rotatable bonds is 6. The molecular formula is C19H24N2O2S. The van der Waals surface area contributed by atoms with Crippen LogP contribution in [0.15, 0.2) is 59.5 Å². The second-order valence-electron chi connectivity index (χ2n) is 6.31. The van der Waals surface area contributed by atoms with Crippen LogP contribution in [0, 0.1) is 0 Å². The molecule has 0 aromatic heterocycles. The maximum absolute atomic E-state index is 12.4. The van der Waals surface area contributed by atoms with E-state index < -0.39 is 10.0 Å². The largest absolute Gasteiger partial charge is 0.382 e. The first kappa shape index (κ1) is 17.0. The van der Waals surface area contributed by atoms with Gasteiger partial charge in [0, 0.05) is 18.3 Å². The van der Waals surface area contributed by atoms with Crippen molar-refractivity contribution in [2.45, 2.75) is 49.6 Å². The standard InChI is InChI=1S/C19H24N2O2S/c22-24(23,20-15-16-7-3-1-4-8-16)19-13-11-18(12-14-19)21-17-9-5-2-6-10-17/h1,3-4,7-8,11-14,17,20-21H,2,5-6,9-10,15H2. The molecule has 128 valence electrons. The molecule has 0 saturated heterocycles. The zero-order valence-corrected chi connectivity index (χ0v) is 14.6. The third-order valence-electron chi connectivity index (χ3n) is 4.45. The molecule has 1 fully saturated rings. The molecule has 2 aromatic carbocycles. The number of hydrogen-bond donors (Lipinski definition) is 2. The van der Waals surface area contributed by atoms with Crippen molar-refractivity contribution in [1.29, 1.82) is 0 Å². The molecule has 0 bridgehead atoms. The van der Waals surface area contributed by atoms with Gasteiger partial charge >= 0.3 is 0 Å². The Labute approximate surface area is 144 Å². The first-order valence-electron chi connectivity index (χ1n) is 8.54. The lowest BCUT2D eigenvalue weighted by Crippen LogP contribution is -2.24. The number of nitrogens with one attached hydrogen (secondary N) is 2. The summed E-state index contributed by atoms with van der Waals surface area (Å²) in [5.41, 5.74) is 1.93. The van der Waals surface area contributed by atoms with Crippen molar-refractivity contribution in [3.8, 4) is 0 Å². The van der Waals surface area contributed by atoms with Crippen LogP contribution in [0.4, 0.5) is 5.69 Å². The van der Waals surface area contributed by atoms with Gasteiger partial charge in [0.15, 0.2) is 0 Å². The van der Waals surface area contributed by atoms with E-state index in [1.165, 1.54) is 32.1 Å². The fraction of sp³-hybridized carbons (Fsp3) is 0.368. The molecule has 0 spiro atoms. The van der Waals surface area contributed by atoms with Crippen LogP contribution in [0.2, 0.25) is 0 Å². The van der Waals surface area contributed by atoms with Crippen molar-refractivity contribution >= 4 is 15.7 Å². The second kappa shape index (κ2) is 7.81. The van der Waals surface area contributed by atoms with Crippen LogP contribution in [0.5, 0.6) is 0 Å². The minimum absolute atomic E-state index is 0.297. The Morgan fingerprint density at radius 3 is 2.21 bits per heavy atom. The molecule has 0 atom stereocenters. The van der Waals surface area contributed by atoms with E-state index in [-0.39, 0.29) is 0 Å². The quantitative estimate of drug-likeness (QED) is 0.835. The predicted octanol–water partition coefficient (Wildman–Crippen LogP) is 3.91. The molecular weight excluding hydrogens is 320 g/mol. The van der Waals surface area contributed by atoms with Gasteiger partial charge in [-0.05, 0) is 42.7 Å². The SMILES string of the molecule is O=S(=O)(NCc1ccccc1)c1ccc(NC2CCCCC2)cc1. The summed E-state index contributed by atoms with van der Waals surface area (Å²) in [6.45, 7) is 0.297. The first-order chi connectivity index (χ1) is 11.6. The Balaban J connectivity index is 1.61. The highest BCUT2D eigenvalue weighted by molar-refractivity contribution is 7.89. The van der Waals surface area contributed by atoms with Crippen molar-refractivity contribution < 1.29 is 8.42 Å². The Morgan fingerprint density at radius 2 is 1.54 bits per heavy atom.